The first-order valence-corrected chi connectivity index (χ1v) is 9.06. The van der Waals surface area contributed by atoms with E-state index in [4.69, 9.17) is 4.74 Å². The summed E-state index contributed by atoms with van der Waals surface area (Å²) in [5.74, 6) is 0.0674. The molecule has 0 radical (unpaired) electrons. The van der Waals surface area contributed by atoms with Crippen molar-refractivity contribution in [1.29, 1.82) is 0 Å². The Kier molecular flexibility index (Phi) is 6.24. The number of rotatable bonds is 6. The maximum atomic E-state index is 12.1. The monoisotopic (exact) mass is 332 g/mol. The fraction of sp³-hybridized carbons (Fsp3) is 0.632. The Morgan fingerprint density at radius 2 is 1.96 bits per heavy atom. The fourth-order valence-corrected chi connectivity index (χ4v) is 3.48. The second kappa shape index (κ2) is 8.60. The molecule has 1 aromatic carbocycles. The first-order chi connectivity index (χ1) is 11.7. The van der Waals surface area contributed by atoms with Gasteiger partial charge in [-0.2, -0.15) is 0 Å². The third kappa shape index (κ3) is 5.03. The van der Waals surface area contributed by atoms with Crippen molar-refractivity contribution < 1.29 is 14.6 Å². The Bertz CT molecular complexity index is 535. The van der Waals surface area contributed by atoms with Crippen molar-refractivity contribution in [3.63, 3.8) is 0 Å². The zero-order valence-electron chi connectivity index (χ0n) is 14.2. The van der Waals surface area contributed by atoms with Crippen molar-refractivity contribution in [3.8, 4) is 0 Å². The van der Waals surface area contributed by atoms with Gasteiger partial charge in [-0.1, -0.05) is 24.3 Å². The summed E-state index contributed by atoms with van der Waals surface area (Å²) in [6, 6.07) is 8.28. The molecule has 0 aliphatic carbocycles. The minimum absolute atomic E-state index is 0.0674. The second-order valence-corrected chi connectivity index (χ2v) is 6.89. The van der Waals surface area contributed by atoms with Gasteiger partial charge in [0.1, 0.15) is 0 Å². The molecule has 0 spiro atoms. The normalized spacial score (nSPS) is 22.6. The number of piperidine rings is 1. The molecule has 24 heavy (non-hydrogen) atoms. The Labute approximate surface area is 144 Å². The van der Waals surface area contributed by atoms with Gasteiger partial charge in [0.25, 0.3) is 0 Å². The van der Waals surface area contributed by atoms with E-state index in [9.17, 15) is 9.90 Å². The van der Waals surface area contributed by atoms with Gasteiger partial charge >= 0.3 is 0 Å². The molecule has 5 nitrogen and oxygen atoms in total. The molecule has 5 heteroatoms. The smallest absolute Gasteiger partial charge is 0.222 e. The van der Waals surface area contributed by atoms with E-state index in [0.717, 1.165) is 51.9 Å². The van der Waals surface area contributed by atoms with Crippen LogP contribution in [0.4, 0.5) is 0 Å². The second-order valence-electron chi connectivity index (χ2n) is 6.89. The molecule has 1 aromatic rings. The van der Waals surface area contributed by atoms with Gasteiger partial charge in [-0.15, -0.1) is 0 Å². The van der Waals surface area contributed by atoms with E-state index in [2.05, 4.69) is 22.3 Å². The molecule has 0 saturated carbocycles. The SMILES string of the molecule is O=C(C[C@H]1CCCO1)NCc1ccccc1CN1CCC(O)CC1. The molecule has 2 aliphatic rings. The van der Waals surface area contributed by atoms with Gasteiger partial charge in [-0.3, -0.25) is 9.69 Å². The van der Waals surface area contributed by atoms with Gasteiger partial charge in [0.05, 0.1) is 18.6 Å². The number of carbonyl (C=O) groups excluding carboxylic acids is 1. The molecule has 2 fully saturated rings. The molecule has 1 amide bonds. The number of aliphatic hydroxyl groups is 1. The lowest BCUT2D eigenvalue weighted by Gasteiger charge is -2.30. The number of ether oxygens (including phenoxy) is 1. The van der Waals surface area contributed by atoms with E-state index < -0.39 is 0 Å². The van der Waals surface area contributed by atoms with Crippen molar-refractivity contribution in [2.75, 3.05) is 19.7 Å². The van der Waals surface area contributed by atoms with Crippen LogP contribution in [0.1, 0.15) is 43.2 Å². The molecule has 132 valence electrons. The summed E-state index contributed by atoms with van der Waals surface area (Å²) in [5.41, 5.74) is 2.43. The van der Waals surface area contributed by atoms with Crippen LogP contribution in [0.15, 0.2) is 24.3 Å². The summed E-state index contributed by atoms with van der Waals surface area (Å²) >= 11 is 0. The van der Waals surface area contributed by atoms with E-state index in [1.165, 1.54) is 11.1 Å². The Hall–Kier alpha value is -1.43. The number of amides is 1. The molecule has 0 bridgehead atoms. The van der Waals surface area contributed by atoms with E-state index in [-0.39, 0.29) is 18.1 Å². The minimum atomic E-state index is -0.145. The molecule has 0 unspecified atom stereocenters. The molecule has 0 aromatic heterocycles. The number of hydrogen-bond acceptors (Lipinski definition) is 4. The molecule has 2 aliphatic heterocycles. The lowest BCUT2D eigenvalue weighted by Crippen LogP contribution is -2.35. The number of hydrogen-bond donors (Lipinski definition) is 2. The first kappa shape index (κ1) is 17.4. The largest absolute Gasteiger partial charge is 0.393 e. The van der Waals surface area contributed by atoms with Crippen LogP contribution in [0.25, 0.3) is 0 Å². The number of nitrogens with zero attached hydrogens (tertiary/aromatic N) is 1. The number of aliphatic hydroxyl groups excluding tert-OH is 1. The van der Waals surface area contributed by atoms with E-state index in [1.807, 2.05) is 12.1 Å². The van der Waals surface area contributed by atoms with Crippen molar-refractivity contribution in [2.45, 2.75) is 57.4 Å². The van der Waals surface area contributed by atoms with Crippen LogP contribution in [-0.4, -0.2) is 47.8 Å². The predicted octanol–water partition coefficient (Wildman–Crippen LogP) is 1.83. The number of likely N-dealkylation sites (tertiary alicyclic amines) is 1. The first-order valence-electron chi connectivity index (χ1n) is 9.06. The average Bonchev–Trinajstić information content (AvgIpc) is 3.09. The average molecular weight is 332 g/mol. The molecule has 2 N–H and O–H groups in total. The van der Waals surface area contributed by atoms with Crippen LogP contribution < -0.4 is 5.32 Å². The summed E-state index contributed by atoms with van der Waals surface area (Å²) in [4.78, 5) is 14.5. The molecular weight excluding hydrogens is 304 g/mol. The number of benzene rings is 1. The minimum Gasteiger partial charge on any atom is -0.393 e. The van der Waals surface area contributed by atoms with E-state index in [0.29, 0.717) is 13.0 Å². The Morgan fingerprint density at radius 3 is 2.67 bits per heavy atom. The van der Waals surface area contributed by atoms with E-state index >= 15 is 0 Å². The molecule has 1 atom stereocenters. The van der Waals surface area contributed by atoms with Gasteiger partial charge in [-0.25, -0.2) is 0 Å². The maximum Gasteiger partial charge on any atom is 0.222 e. The Balaban J connectivity index is 1.50. The lowest BCUT2D eigenvalue weighted by molar-refractivity contribution is -0.123. The predicted molar refractivity (Wildman–Crippen MR) is 92.4 cm³/mol. The highest BCUT2D eigenvalue weighted by Crippen LogP contribution is 2.17. The number of carbonyl (C=O) groups is 1. The highest BCUT2D eigenvalue weighted by atomic mass is 16.5. The van der Waals surface area contributed by atoms with Gasteiger partial charge < -0.3 is 15.2 Å². The molecular formula is C19H28N2O3. The van der Waals surface area contributed by atoms with Crippen LogP contribution >= 0.6 is 0 Å². The maximum absolute atomic E-state index is 12.1. The van der Waals surface area contributed by atoms with Crippen LogP contribution in [0.2, 0.25) is 0 Å². The summed E-state index contributed by atoms with van der Waals surface area (Å²) < 4.78 is 5.52. The topological polar surface area (TPSA) is 61.8 Å². The number of nitrogens with one attached hydrogen (secondary N) is 1. The van der Waals surface area contributed by atoms with Crippen LogP contribution in [0.5, 0.6) is 0 Å². The summed E-state index contributed by atoms with van der Waals surface area (Å²) in [6.07, 6.45) is 4.16. The fourth-order valence-electron chi connectivity index (χ4n) is 3.48. The summed E-state index contributed by atoms with van der Waals surface area (Å²) in [7, 11) is 0. The highest BCUT2D eigenvalue weighted by Gasteiger charge is 2.20. The van der Waals surface area contributed by atoms with Crippen LogP contribution in [0, 0.1) is 0 Å². The Morgan fingerprint density at radius 1 is 1.21 bits per heavy atom. The van der Waals surface area contributed by atoms with Gasteiger partial charge in [0, 0.05) is 32.8 Å². The van der Waals surface area contributed by atoms with Gasteiger partial charge in [0.15, 0.2) is 0 Å². The quantitative estimate of drug-likeness (QED) is 0.834. The zero-order valence-corrected chi connectivity index (χ0v) is 14.2. The van der Waals surface area contributed by atoms with Crippen LogP contribution in [0.3, 0.4) is 0 Å². The van der Waals surface area contributed by atoms with Gasteiger partial charge in [0.2, 0.25) is 5.91 Å². The third-order valence-corrected chi connectivity index (χ3v) is 4.98. The van der Waals surface area contributed by atoms with Crippen molar-refractivity contribution in [2.24, 2.45) is 0 Å². The zero-order chi connectivity index (χ0) is 16.8. The lowest BCUT2D eigenvalue weighted by atomic mass is 10.0. The molecule has 3 rings (SSSR count). The third-order valence-electron chi connectivity index (χ3n) is 4.98. The van der Waals surface area contributed by atoms with Crippen molar-refractivity contribution in [1.82, 2.24) is 10.2 Å². The van der Waals surface area contributed by atoms with E-state index in [1.54, 1.807) is 0 Å². The molecule has 2 heterocycles. The van der Waals surface area contributed by atoms with Crippen molar-refractivity contribution >= 4 is 5.91 Å². The van der Waals surface area contributed by atoms with Crippen molar-refractivity contribution in [3.05, 3.63) is 35.4 Å². The van der Waals surface area contributed by atoms with Gasteiger partial charge in [-0.05, 0) is 36.8 Å². The van der Waals surface area contributed by atoms with Crippen LogP contribution in [-0.2, 0) is 22.6 Å². The molecule has 2 saturated heterocycles. The summed E-state index contributed by atoms with van der Waals surface area (Å²) in [5, 5.41) is 12.7. The summed E-state index contributed by atoms with van der Waals surface area (Å²) in [6.45, 7) is 4.09. The standard InChI is InChI=1S/C19H28N2O3/c22-17-7-9-21(10-8-17)14-16-5-2-1-4-15(16)13-20-19(23)12-18-6-3-11-24-18/h1-2,4-5,17-18,22H,3,6-14H2,(H,20,23)/t18-/m1/s1. The highest BCUT2D eigenvalue weighted by molar-refractivity contribution is 5.76.